The number of hydrogen-bond acceptors (Lipinski definition) is 7. The molecule has 0 saturated carbocycles. The maximum absolute atomic E-state index is 13.9. The van der Waals surface area contributed by atoms with Gasteiger partial charge < -0.3 is 11.1 Å². The van der Waals surface area contributed by atoms with E-state index in [-0.39, 0.29) is 22.3 Å². The highest BCUT2D eigenvalue weighted by molar-refractivity contribution is 6.32. The van der Waals surface area contributed by atoms with Crippen LogP contribution < -0.4 is 11.1 Å². The number of nitrogens with two attached hydrogens (primary N) is 1. The van der Waals surface area contributed by atoms with Gasteiger partial charge in [0.05, 0.1) is 34.9 Å². The van der Waals surface area contributed by atoms with Gasteiger partial charge in [-0.1, -0.05) is 17.7 Å². The Kier molecular flexibility index (Phi) is 5.79. The van der Waals surface area contributed by atoms with Gasteiger partial charge in [-0.2, -0.15) is 23.4 Å². The molecule has 3 N–H and O–H groups in total. The normalized spacial score (nSPS) is 12.8. The van der Waals surface area contributed by atoms with Crippen molar-refractivity contribution in [3.8, 4) is 5.82 Å². The lowest BCUT2D eigenvalue weighted by atomic mass is 10.1. The largest absolute Gasteiger partial charge is 0.434 e. The van der Waals surface area contributed by atoms with E-state index in [0.717, 1.165) is 4.80 Å². The third-order valence-corrected chi connectivity index (χ3v) is 4.53. The molecule has 0 radical (unpaired) electrons. The first-order chi connectivity index (χ1) is 15.8. The van der Waals surface area contributed by atoms with E-state index in [4.69, 9.17) is 17.3 Å². The molecular formula is C19H13ClF3N9O. The standard InChI is InChI=1S/C19H13ClF3N9O/c20-13-8-11(10-26-17(13)32-27-4-5-28-32)29-18(33)12(9-24)16(19(21,22)23)30-15-3-1-2-14-25-6-7-31(14)15/h1-10H,24H2,(H,29,33). The highest BCUT2D eigenvalue weighted by Crippen LogP contribution is 2.27. The molecule has 4 aromatic rings. The molecule has 0 spiro atoms. The Hall–Kier alpha value is -4.26. The molecule has 4 rings (SSSR count). The molecule has 0 unspecified atom stereocenters. The van der Waals surface area contributed by atoms with E-state index in [1.807, 2.05) is 0 Å². The van der Waals surface area contributed by atoms with Crippen LogP contribution in [0.15, 0.2) is 72.0 Å². The number of aliphatic imine (C=N–C) groups is 1. The minimum Gasteiger partial charge on any atom is -0.404 e. The number of amides is 1. The molecule has 0 aromatic carbocycles. The molecule has 0 aliphatic heterocycles. The van der Waals surface area contributed by atoms with E-state index in [2.05, 4.69) is 30.5 Å². The molecule has 10 nitrogen and oxygen atoms in total. The average Bonchev–Trinajstić information content (AvgIpc) is 3.45. The Morgan fingerprint density at radius 1 is 1.18 bits per heavy atom. The fraction of sp³-hybridized carbons (Fsp3) is 0.0526. The Balaban J connectivity index is 1.66. The van der Waals surface area contributed by atoms with Crippen LogP contribution in [0.25, 0.3) is 11.5 Å². The van der Waals surface area contributed by atoms with Crippen LogP contribution in [0.4, 0.5) is 24.7 Å². The molecule has 0 fully saturated rings. The number of pyridine rings is 2. The summed E-state index contributed by atoms with van der Waals surface area (Å²) in [6, 6.07) is 5.72. The number of rotatable bonds is 5. The number of nitrogens with zero attached hydrogens (tertiary/aromatic N) is 7. The number of carbonyl (C=O) groups excluding carboxylic acids is 1. The van der Waals surface area contributed by atoms with Gasteiger partial charge in [0.25, 0.3) is 5.91 Å². The van der Waals surface area contributed by atoms with Crippen molar-refractivity contribution in [1.82, 2.24) is 29.4 Å². The maximum Gasteiger partial charge on any atom is 0.434 e. The number of alkyl halides is 3. The van der Waals surface area contributed by atoms with Crippen molar-refractivity contribution in [2.24, 2.45) is 10.7 Å². The lowest BCUT2D eigenvalue weighted by molar-refractivity contribution is -0.113. The topological polar surface area (TPSA) is 128 Å². The smallest absolute Gasteiger partial charge is 0.404 e. The van der Waals surface area contributed by atoms with Crippen molar-refractivity contribution >= 4 is 40.4 Å². The molecule has 14 heteroatoms. The van der Waals surface area contributed by atoms with E-state index in [0.29, 0.717) is 11.8 Å². The Labute approximate surface area is 188 Å². The van der Waals surface area contributed by atoms with Crippen molar-refractivity contribution in [1.29, 1.82) is 0 Å². The van der Waals surface area contributed by atoms with E-state index in [1.54, 1.807) is 6.07 Å². The number of carbonyl (C=O) groups is 1. The Bertz CT molecular complexity index is 1380. The molecule has 1 amide bonds. The van der Waals surface area contributed by atoms with E-state index >= 15 is 0 Å². The van der Waals surface area contributed by atoms with Crippen LogP contribution in [0.3, 0.4) is 0 Å². The van der Waals surface area contributed by atoms with Crippen LogP contribution in [0, 0.1) is 0 Å². The van der Waals surface area contributed by atoms with Gasteiger partial charge in [-0.15, -0.1) is 4.80 Å². The second-order valence-corrected chi connectivity index (χ2v) is 6.79. The summed E-state index contributed by atoms with van der Waals surface area (Å²) in [5, 5.41) is 10.1. The summed E-state index contributed by atoms with van der Waals surface area (Å²) in [5.41, 5.74) is 3.43. The van der Waals surface area contributed by atoms with Crippen LogP contribution in [0.5, 0.6) is 0 Å². The molecular weight excluding hydrogens is 463 g/mol. The summed E-state index contributed by atoms with van der Waals surface area (Å²) >= 11 is 6.14. The van der Waals surface area contributed by atoms with E-state index in [9.17, 15) is 18.0 Å². The molecule has 0 saturated heterocycles. The summed E-state index contributed by atoms with van der Waals surface area (Å²) in [4.78, 5) is 25.5. The first-order valence-electron chi connectivity index (χ1n) is 9.12. The Morgan fingerprint density at radius 3 is 2.61 bits per heavy atom. The Morgan fingerprint density at radius 2 is 1.94 bits per heavy atom. The highest BCUT2D eigenvalue weighted by Gasteiger charge is 2.41. The first-order valence-corrected chi connectivity index (χ1v) is 9.49. The number of halogens is 4. The van der Waals surface area contributed by atoms with Crippen LogP contribution in [0.2, 0.25) is 5.02 Å². The summed E-state index contributed by atoms with van der Waals surface area (Å²) < 4.78 is 42.9. The van der Waals surface area contributed by atoms with Crippen molar-refractivity contribution in [3.05, 3.63) is 72.0 Å². The molecule has 0 aliphatic carbocycles. The summed E-state index contributed by atoms with van der Waals surface area (Å²) in [7, 11) is 0. The van der Waals surface area contributed by atoms with Gasteiger partial charge in [-0.3, -0.25) is 9.20 Å². The summed E-state index contributed by atoms with van der Waals surface area (Å²) in [6.45, 7) is 0. The molecule has 4 heterocycles. The van der Waals surface area contributed by atoms with Crippen LogP contribution in [-0.4, -0.2) is 47.2 Å². The second kappa shape index (κ2) is 8.70. The van der Waals surface area contributed by atoms with E-state index in [1.165, 1.54) is 53.6 Å². The lowest BCUT2D eigenvalue weighted by Gasteiger charge is -2.15. The van der Waals surface area contributed by atoms with Crippen molar-refractivity contribution in [3.63, 3.8) is 0 Å². The zero-order chi connectivity index (χ0) is 23.6. The molecule has 168 valence electrons. The molecule has 33 heavy (non-hydrogen) atoms. The van der Waals surface area contributed by atoms with Gasteiger partial charge in [0.15, 0.2) is 11.5 Å². The zero-order valence-electron chi connectivity index (χ0n) is 16.4. The van der Waals surface area contributed by atoms with Crippen LogP contribution >= 0.6 is 11.6 Å². The summed E-state index contributed by atoms with van der Waals surface area (Å²) in [5.74, 6) is -1.08. The third kappa shape index (κ3) is 4.52. The van der Waals surface area contributed by atoms with Crippen molar-refractivity contribution in [2.45, 2.75) is 6.18 Å². The van der Waals surface area contributed by atoms with Crippen molar-refractivity contribution in [2.75, 3.05) is 5.32 Å². The zero-order valence-corrected chi connectivity index (χ0v) is 17.2. The quantitative estimate of drug-likeness (QED) is 0.337. The van der Waals surface area contributed by atoms with Gasteiger partial charge in [-0.05, 0) is 18.2 Å². The van der Waals surface area contributed by atoms with Gasteiger partial charge in [-0.25, -0.2) is 15.0 Å². The minimum absolute atomic E-state index is 0.0264. The number of anilines is 1. The van der Waals surface area contributed by atoms with Crippen molar-refractivity contribution < 1.29 is 18.0 Å². The predicted molar refractivity (Wildman–Crippen MR) is 113 cm³/mol. The minimum atomic E-state index is -4.99. The molecule has 4 aromatic heterocycles. The number of imidazole rings is 1. The van der Waals surface area contributed by atoms with Gasteiger partial charge in [0.1, 0.15) is 11.5 Å². The van der Waals surface area contributed by atoms with Gasteiger partial charge in [0.2, 0.25) is 0 Å². The SMILES string of the molecule is NC=C(C(=O)Nc1cnc(-n2nccn2)c(Cl)c1)C(=Nc1cccc2nccn12)C(F)(F)F. The average molecular weight is 476 g/mol. The lowest BCUT2D eigenvalue weighted by Crippen LogP contribution is -2.32. The fourth-order valence-corrected chi connectivity index (χ4v) is 3.09. The fourth-order valence-electron chi connectivity index (χ4n) is 2.85. The van der Waals surface area contributed by atoms with Gasteiger partial charge in [0, 0.05) is 18.6 Å². The van der Waals surface area contributed by atoms with Crippen LogP contribution in [-0.2, 0) is 4.79 Å². The second-order valence-electron chi connectivity index (χ2n) is 6.38. The van der Waals surface area contributed by atoms with Gasteiger partial charge >= 0.3 is 6.18 Å². The highest BCUT2D eigenvalue weighted by atomic mass is 35.5. The number of hydrogen-bond donors (Lipinski definition) is 2. The van der Waals surface area contributed by atoms with Crippen LogP contribution in [0.1, 0.15) is 0 Å². The maximum atomic E-state index is 13.9. The third-order valence-electron chi connectivity index (χ3n) is 4.26. The number of fused-ring (bicyclic) bond motifs is 1. The summed E-state index contributed by atoms with van der Waals surface area (Å²) in [6.07, 6.45) is 2.41. The molecule has 0 aliphatic rings. The predicted octanol–water partition coefficient (Wildman–Crippen LogP) is 3.08. The first kappa shape index (κ1) is 22.0. The van der Waals surface area contributed by atoms with E-state index < -0.39 is 23.4 Å². The number of nitrogens with one attached hydrogen (secondary N) is 1. The molecule has 0 atom stereocenters. The number of aromatic nitrogens is 6. The monoisotopic (exact) mass is 475 g/mol. The molecule has 0 bridgehead atoms.